The van der Waals surface area contributed by atoms with Gasteiger partial charge in [0.15, 0.2) is 17.0 Å². The van der Waals surface area contributed by atoms with Crippen LogP contribution in [0.4, 0.5) is 0 Å². The highest BCUT2D eigenvalue weighted by Gasteiger charge is 2.20. The summed E-state index contributed by atoms with van der Waals surface area (Å²) < 4.78 is 5.51. The molecule has 21 heavy (non-hydrogen) atoms. The van der Waals surface area contributed by atoms with Gasteiger partial charge in [-0.25, -0.2) is 4.98 Å². The van der Waals surface area contributed by atoms with Gasteiger partial charge in [-0.15, -0.1) is 0 Å². The number of hydrogen-bond donors (Lipinski definition) is 3. The van der Waals surface area contributed by atoms with Gasteiger partial charge in [0.05, 0.1) is 5.39 Å². The molecule has 0 atom stereocenters. The Kier molecular flexibility index (Phi) is 2.94. The van der Waals surface area contributed by atoms with Crippen molar-refractivity contribution in [2.45, 2.75) is 0 Å². The number of aliphatic carboxylic acids is 1. The summed E-state index contributed by atoms with van der Waals surface area (Å²) in [7, 11) is 0. The van der Waals surface area contributed by atoms with Gasteiger partial charge in [0.2, 0.25) is 0 Å². The van der Waals surface area contributed by atoms with E-state index < -0.39 is 24.2 Å². The van der Waals surface area contributed by atoms with Gasteiger partial charge in [-0.1, -0.05) is 18.2 Å². The Morgan fingerprint density at radius 2 is 2.00 bits per heavy atom. The summed E-state index contributed by atoms with van der Waals surface area (Å²) in [5.41, 5.74) is 0.433. The van der Waals surface area contributed by atoms with Crippen LogP contribution < -0.4 is 5.32 Å². The molecule has 1 aromatic carbocycles. The highest BCUT2D eigenvalue weighted by Crippen LogP contribution is 2.34. The molecule has 0 spiro atoms. The minimum Gasteiger partial charge on any atom is -0.503 e. The molecule has 0 radical (unpaired) electrons. The maximum atomic E-state index is 11.8. The summed E-state index contributed by atoms with van der Waals surface area (Å²) >= 11 is 0. The molecule has 0 fully saturated rings. The molecule has 0 aliphatic carbocycles. The van der Waals surface area contributed by atoms with Gasteiger partial charge in [-0.05, 0) is 6.07 Å². The maximum absolute atomic E-state index is 11.8. The van der Waals surface area contributed by atoms with Crippen molar-refractivity contribution in [3.05, 3.63) is 36.2 Å². The van der Waals surface area contributed by atoms with Crippen LogP contribution in [0.5, 0.6) is 5.75 Å². The number of carboxylic acids is 1. The molecule has 3 N–H and O–H groups in total. The van der Waals surface area contributed by atoms with Crippen LogP contribution in [0.15, 0.2) is 34.9 Å². The number of aromatic hydroxyl groups is 1. The first kappa shape index (κ1) is 12.9. The van der Waals surface area contributed by atoms with Crippen LogP contribution in [-0.2, 0) is 4.79 Å². The fraction of sp³-hybridized carbons (Fsp3) is 0.0714. The molecule has 106 valence electrons. The second-order valence-electron chi connectivity index (χ2n) is 4.37. The molecular formula is C14H10N2O5. The minimum atomic E-state index is -1.19. The van der Waals surface area contributed by atoms with Crippen molar-refractivity contribution in [3.63, 3.8) is 0 Å². The van der Waals surface area contributed by atoms with Gasteiger partial charge in [-0.3, -0.25) is 9.59 Å². The largest absolute Gasteiger partial charge is 0.503 e. The number of carboxylic acid groups (broad SMARTS) is 1. The summed E-state index contributed by atoms with van der Waals surface area (Å²) in [5.74, 6) is -2.38. The lowest BCUT2D eigenvalue weighted by atomic mass is 10.2. The van der Waals surface area contributed by atoms with Gasteiger partial charge in [0, 0.05) is 11.6 Å². The average Bonchev–Trinajstić information content (AvgIpc) is 2.85. The Balaban J connectivity index is 2.09. The Hall–Kier alpha value is -3.09. The number of benzene rings is 1. The first-order chi connectivity index (χ1) is 10.1. The molecular weight excluding hydrogens is 276 g/mol. The highest BCUT2D eigenvalue weighted by atomic mass is 16.4. The zero-order valence-electron chi connectivity index (χ0n) is 10.7. The zero-order valence-corrected chi connectivity index (χ0v) is 10.7. The van der Waals surface area contributed by atoms with E-state index in [-0.39, 0.29) is 11.3 Å². The van der Waals surface area contributed by atoms with E-state index >= 15 is 0 Å². The summed E-state index contributed by atoms with van der Waals surface area (Å²) in [5, 5.41) is 22.1. The summed E-state index contributed by atoms with van der Waals surface area (Å²) in [4.78, 5) is 26.1. The van der Waals surface area contributed by atoms with Gasteiger partial charge in [0.25, 0.3) is 5.91 Å². The van der Waals surface area contributed by atoms with E-state index in [0.29, 0.717) is 11.0 Å². The molecule has 0 aliphatic heterocycles. The van der Waals surface area contributed by atoms with Crippen LogP contribution in [-0.4, -0.2) is 33.6 Å². The van der Waals surface area contributed by atoms with E-state index in [0.717, 1.165) is 5.39 Å². The predicted octanol–water partition coefficient (Wildman–Crippen LogP) is 1.50. The highest BCUT2D eigenvalue weighted by molar-refractivity contribution is 6.09. The van der Waals surface area contributed by atoms with E-state index in [2.05, 4.69) is 10.3 Å². The van der Waals surface area contributed by atoms with Crippen molar-refractivity contribution in [2.75, 3.05) is 6.54 Å². The van der Waals surface area contributed by atoms with Crippen LogP contribution in [0, 0.1) is 0 Å². The topological polar surface area (TPSA) is 113 Å². The van der Waals surface area contributed by atoms with Crippen LogP contribution in [0.25, 0.3) is 21.9 Å². The first-order valence-corrected chi connectivity index (χ1v) is 6.07. The molecule has 0 saturated heterocycles. The fourth-order valence-electron chi connectivity index (χ4n) is 2.07. The molecule has 2 aromatic heterocycles. The smallest absolute Gasteiger partial charge is 0.322 e. The number of carbonyl (C=O) groups excluding carboxylic acids is 1. The fourth-order valence-corrected chi connectivity index (χ4v) is 2.07. The molecule has 3 rings (SSSR count). The van der Waals surface area contributed by atoms with Crippen molar-refractivity contribution in [1.29, 1.82) is 0 Å². The van der Waals surface area contributed by atoms with Crippen LogP contribution >= 0.6 is 0 Å². The molecule has 0 saturated carbocycles. The second kappa shape index (κ2) is 4.78. The molecule has 0 bridgehead atoms. The summed E-state index contributed by atoms with van der Waals surface area (Å²) in [6.07, 6.45) is 1.41. The van der Waals surface area contributed by atoms with Crippen LogP contribution in [0.1, 0.15) is 10.5 Å². The Morgan fingerprint density at radius 1 is 1.24 bits per heavy atom. The number of para-hydroxylation sites is 1. The zero-order chi connectivity index (χ0) is 15.0. The molecule has 7 nitrogen and oxygen atoms in total. The van der Waals surface area contributed by atoms with E-state index in [4.69, 9.17) is 9.52 Å². The number of nitrogens with one attached hydrogen (secondary N) is 1. The predicted molar refractivity (Wildman–Crippen MR) is 73.1 cm³/mol. The van der Waals surface area contributed by atoms with Gasteiger partial charge in [0.1, 0.15) is 12.1 Å². The Bertz CT molecular complexity index is 868. The van der Waals surface area contributed by atoms with Crippen molar-refractivity contribution in [2.24, 2.45) is 0 Å². The quantitative estimate of drug-likeness (QED) is 0.672. The SMILES string of the molecule is O=C(O)CNC(=O)c1ncc2c(oc3ccccc32)c1O. The van der Waals surface area contributed by atoms with E-state index in [1.165, 1.54) is 6.20 Å². The molecule has 0 aliphatic rings. The second-order valence-corrected chi connectivity index (χ2v) is 4.37. The maximum Gasteiger partial charge on any atom is 0.322 e. The minimum absolute atomic E-state index is 0.145. The normalized spacial score (nSPS) is 10.9. The first-order valence-electron chi connectivity index (χ1n) is 6.07. The van der Waals surface area contributed by atoms with Gasteiger partial charge >= 0.3 is 5.97 Å². The number of nitrogens with zero attached hydrogens (tertiary/aromatic N) is 1. The van der Waals surface area contributed by atoms with Crippen LogP contribution in [0.2, 0.25) is 0 Å². The average molecular weight is 286 g/mol. The van der Waals surface area contributed by atoms with E-state index in [9.17, 15) is 14.7 Å². The van der Waals surface area contributed by atoms with Crippen molar-refractivity contribution in [3.8, 4) is 5.75 Å². The third-order valence-electron chi connectivity index (χ3n) is 3.01. The number of furan rings is 1. The number of amides is 1. The lowest BCUT2D eigenvalue weighted by molar-refractivity contribution is -0.135. The molecule has 2 heterocycles. The van der Waals surface area contributed by atoms with Crippen LogP contribution in [0.3, 0.4) is 0 Å². The number of fused-ring (bicyclic) bond motifs is 3. The number of aromatic nitrogens is 1. The third kappa shape index (κ3) is 2.14. The lowest BCUT2D eigenvalue weighted by Gasteiger charge is -2.03. The Labute approximate surface area is 117 Å². The number of pyridine rings is 1. The van der Waals surface area contributed by atoms with Gasteiger partial charge in [-0.2, -0.15) is 0 Å². The summed E-state index contributed by atoms with van der Waals surface area (Å²) in [6.45, 7) is -0.557. The van der Waals surface area contributed by atoms with Crippen molar-refractivity contribution in [1.82, 2.24) is 10.3 Å². The molecule has 7 heteroatoms. The number of hydrogen-bond acceptors (Lipinski definition) is 5. The molecule has 3 aromatic rings. The van der Waals surface area contributed by atoms with E-state index in [1.807, 2.05) is 12.1 Å². The molecule has 1 amide bonds. The third-order valence-corrected chi connectivity index (χ3v) is 3.01. The summed E-state index contributed by atoms with van der Waals surface area (Å²) in [6, 6.07) is 7.16. The van der Waals surface area contributed by atoms with E-state index in [1.54, 1.807) is 12.1 Å². The number of rotatable bonds is 3. The number of carbonyl (C=O) groups is 2. The monoisotopic (exact) mass is 286 g/mol. The standard InChI is InChI=1S/C14H10N2O5/c17-10(18)6-16-14(20)11-12(19)13-8(5-15-11)7-3-1-2-4-9(7)21-13/h1-5,19H,6H2,(H,16,20)(H,17,18). The van der Waals surface area contributed by atoms with Crippen molar-refractivity contribution < 1.29 is 24.2 Å². The van der Waals surface area contributed by atoms with Crippen molar-refractivity contribution >= 4 is 33.8 Å². The van der Waals surface area contributed by atoms with Gasteiger partial charge < -0.3 is 19.9 Å². The lowest BCUT2D eigenvalue weighted by Crippen LogP contribution is -2.29. The molecule has 0 unspecified atom stereocenters. The Morgan fingerprint density at radius 3 is 2.76 bits per heavy atom.